The zero-order chi connectivity index (χ0) is 21.4. The van der Waals surface area contributed by atoms with Crippen LogP contribution in [0.5, 0.6) is 0 Å². The van der Waals surface area contributed by atoms with E-state index < -0.39 is 5.25 Å². The van der Waals surface area contributed by atoms with Crippen molar-refractivity contribution >= 4 is 34.4 Å². The third-order valence-electron chi connectivity index (χ3n) is 5.02. The summed E-state index contributed by atoms with van der Waals surface area (Å²) in [5.74, 6) is -0.123. The van der Waals surface area contributed by atoms with Gasteiger partial charge in [-0.3, -0.25) is 9.59 Å². The van der Waals surface area contributed by atoms with Crippen molar-refractivity contribution in [3.63, 3.8) is 0 Å². The highest BCUT2D eigenvalue weighted by Crippen LogP contribution is 2.31. The standard InChI is InChI=1S/C22H21N5O2S/c1-12-18(14(3)28)13(2)26-19(12)20(29)15(4)30-22-17-10-25-27(21(17)23-11-24-22)16-8-6-5-7-9-16/h5-11,15,26H,1-4H3. The number of aromatic amines is 1. The molecule has 4 aromatic rings. The van der Waals surface area contributed by atoms with Crippen LogP contribution in [0.3, 0.4) is 0 Å². The highest BCUT2D eigenvalue weighted by atomic mass is 32.2. The summed E-state index contributed by atoms with van der Waals surface area (Å²) in [4.78, 5) is 36.8. The van der Waals surface area contributed by atoms with Crippen LogP contribution in [0.4, 0.5) is 0 Å². The zero-order valence-corrected chi connectivity index (χ0v) is 17.9. The number of fused-ring (bicyclic) bond motifs is 1. The number of carbonyl (C=O) groups excluding carboxylic acids is 2. The maximum atomic E-state index is 13.1. The summed E-state index contributed by atoms with van der Waals surface area (Å²) in [5.41, 5.74) is 4.06. The van der Waals surface area contributed by atoms with Crippen molar-refractivity contribution in [3.8, 4) is 5.69 Å². The average Bonchev–Trinajstić information content (AvgIpc) is 3.29. The van der Waals surface area contributed by atoms with E-state index in [1.165, 1.54) is 25.0 Å². The van der Waals surface area contributed by atoms with Crippen LogP contribution in [0.1, 0.15) is 46.0 Å². The molecule has 1 aromatic carbocycles. The van der Waals surface area contributed by atoms with E-state index in [1.807, 2.05) is 44.2 Å². The minimum Gasteiger partial charge on any atom is -0.355 e. The molecule has 0 aliphatic heterocycles. The molecule has 1 N–H and O–H groups in total. The number of ketones is 2. The minimum atomic E-state index is -0.403. The summed E-state index contributed by atoms with van der Waals surface area (Å²) in [6.45, 7) is 6.96. The predicted octanol–water partition coefficient (Wildman–Crippen LogP) is 4.33. The molecule has 1 atom stereocenters. The first kappa shape index (κ1) is 20.0. The van der Waals surface area contributed by atoms with E-state index in [2.05, 4.69) is 20.1 Å². The smallest absolute Gasteiger partial charge is 0.192 e. The molecular formula is C22H21N5O2S. The molecule has 0 aliphatic rings. The lowest BCUT2D eigenvalue weighted by molar-refractivity contribution is 0.0988. The molecule has 0 aliphatic carbocycles. The summed E-state index contributed by atoms with van der Waals surface area (Å²) in [7, 11) is 0. The number of benzene rings is 1. The predicted molar refractivity (Wildman–Crippen MR) is 117 cm³/mol. The number of Topliss-reactive ketones (excluding diaryl/α,β-unsaturated/α-hetero) is 2. The van der Waals surface area contributed by atoms with Gasteiger partial charge in [0, 0.05) is 11.3 Å². The molecule has 0 fully saturated rings. The van der Waals surface area contributed by atoms with Gasteiger partial charge in [0.25, 0.3) is 0 Å². The molecule has 7 nitrogen and oxygen atoms in total. The van der Waals surface area contributed by atoms with Gasteiger partial charge in [0.1, 0.15) is 11.4 Å². The largest absolute Gasteiger partial charge is 0.355 e. The Hall–Kier alpha value is -3.26. The SMILES string of the molecule is CC(=O)c1c(C)[nH]c(C(=O)C(C)Sc2ncnc3c2cnn3-c2ccccc2)c1C. The van der Waals surface area contributed by atoms with Crippen LogP contribution < -0.4 is 0 Å². The number of H-pyrrole nitrogens is 1. The van der Waals surface area contributed by atoms with Gasteiger partial charge in [-0.05, 0) is 45.4 Å². The van der Waals surface area contributed by atoms with E-state index in [9.17, 15) is 9.59 Å². The number of aryl methyl sites for hydroxylation is 1. The molecule has 30 heavy (non-hydrogen) atoms. The van der Waals surface area contributed by atoms with Gasteiger partial charge in [-0.1, -0.05) is 30.0 Å². The Morgan fingerprint density at radius 2 is 1.87 bits per heavy atom. The molecule has 1 unspecified atom stereocenters. The molecule has 0 saturated heterocycles. The van der Waals surface area contributed by atoms with Gasteiger partial charge in [-0.15, -0.1) is 0 Å². The van der Waals surface area contributed by atoms with Crippen molar-refractivity contribution in [1.82, 2.24) is 24.7 Å². The maximum absolute atomic E-state index is 13.1. The number of nitrogens with zero attached hydrogens (tertiary/aromatic N) is 4. The number of carbonyl (C=O) groups is 2. The Morgan fingerprint density at radius 1 is 1.13 bits per heavy atom. The van der Waals surface area contributed by atoms with Crippen LogP contribution in [0.25, 0.3) is 16.7 Å². The number of nitrogens with one attached hydrogen (secondary N) is 1. The van der Waals surface area contributed by atoms with Crippen molar-refractivity contribution < 1.29 is 9.59 Å². The third-order valence-corrected chi connectivity index (χ3v) is 6.14. The van der Waals surface area contributed by atoms with Gasteiger partial charge < -0.3 is 4.98 Å². The number of hydrogen-bond acceptors (Lipinski definition) is 6. The number of hydrogen-bond donors (Lipinski definition) is 1. The van der Waals surface area contributed by atoms with Crippen molar-refractivity contribution in [2.75, 3.05) is 0 Å². The topological polar surface area (TPSA) is 93.5 Å². The van der Waals surface area contributed by atoms with Gasteiger partial charge >= 0.3 is 0 Å². The fraction of sp³-hybridized carbons (Fsp3) is 0.227. The molecular weight excluding hydrogens is 398 g/mol. The van der Waals surface area contributed by atoms with E-state index in [1.54, 1.807) is 17.8 Å². The molecule has 0 radical (unpaired) electrons. The summed E-state index contributed by atoms with van der Waals surface area (Å²) < 4.78 is 1.76. The molecule has 4 rings (SSSR count). The van der Waals surface area contributed by atoms with E-state index >= 15 is 0 Å². The lowest BCUT2D eigenvalue weighted by Crippen LogP contribution is -2.15. The second kappa shape index (κ2) is 7.87. The number of thioether (sulfide) groups is 1. The van der Waals surface area contributed by atoms with Gasteiger partial charge in [0.05, 0.1) is 28.2 Å². The van der Waals surface area contributed by atoms with E-state index in [4.69, 9.17) is 0 Å². The molecule has 3 aromatic heterocycles. The Morgan fingerprint density at radius 3 is 2.53 bits per heavy atom. The van der Waals surface area contributed by atoms with Crippen LogP contribution in [0.15, 0.2) is 47.9 Å². The lowest BCUT2D eigenvalue weighted by atomic mass is 10.0. The third kappa shape index (κ3) is 3.43. The van der Waals surface area contributed by atoms with Gasteiger partial charge in [0.2, 0.25) is 0 Å². The number of aromatic nitrogens is 5. The van der Waals surface area contributed by atoms with Gasteiger partial charge in [0.15, 0.2) is 17.2 Å². The van der Waals surface area contributed by atoms with Crippen molar-refractivity contribution in [1.29, 1.82) is 0 Å². The lowest BCUT2D eigenvalue weighted by Gasteiger charge is -2.10. The number of para-hydroxylation sites is 1. The molecule has 152 valence electrons. The number of rotatable bonds is 6. The Bertz CT molecular complexity index is 1260. The second-order valence-electron chi connectivity index (χ2n) is 7.11. The van der Waals surface area contributed by atoms with E-state index in [0.717, 1.165) is 11.1 Å². The Kier molecular flexibility index (Phi) is 5.26. The van der Waals surface area contributed by atoms with Crippen molar-refractivity contribution in [2.24, 2.45) is 0 Å². The van der Waals surface area contributed by atoms with E-state index in [-0.39, 0.29) is 11.6 Å². The Balaban J connectivity index is 1.65. The van der Waals surface area contributed by atoms with Crippen molar-refractivity contribution in [2.45, 2.75) is 38.0 Å². The molecule has 0 saturated carbocycles. The molecule has 3 heterocycles. The first-order valence-electron chi connectivity index (χ1n) is 9.53. The molecule has 0 amide bonds. The highest BCUT2D eigenvalue weighted by molar-refractivity contribution is 8.00. The van der Waals surface area contributed by atoms with Gasteiger partial charge in [-0.25, -0.2) is 14.6 Å². The summed E-state index contributed by atoms with van der Waals surface area (Å²) in [6.07, 6.45) is 3.21. The molecule has 8 heteroatoms. The molecule has 0 bridgehead atoms. The fourth-order valence-electron chi connectivity index (χ4n) is 3.62. The fourth-order valence-corrected chi connectivity index (χ4v) is 4.56. The first-order valence-corrected chi connectivity index (χ1v) is 10.4. The van der Waals surface area contributed by atoms with Gasteiger partial charge in [-0.2, -0.15) is 5.10 Å². The highest BCUT2D eigenvalue weighted by Gasteiger charge is 2.25. The van der Waals surface area contributed by atoms with Crippen LogP contribution in [-0.4, -0.2) is 41.5 Å². The van der Waals surface area contributed by atoms with E-state index in [0.29, 0.717) is 33.2 Å². The van der Waals surface area contributed by atoms with Crippen molar-refractivity contribution in [3.05, 3.63) is 65.4 Å². The van der Waals surface area contributed by atoms with Crippen LogP contribution in [-0.2, 0) is 0 Å². The summed E-state index contributed by atoms with van der Waals surface area (Å²) in [5, 5.41) is 5.53. The quantitative estimate of drug-likeness (QED) is 0.284. The minimum absolute atomic E-state index is 0.0496. The summed E-state index contributed by atoms with van der Waals surface area (Å²) in [6, 6.07) is 9.74. The first-order chi connectivity index (χ1) is 14.4. The molecule has 0 spiro atoms. The summed E-state index contributed by atoms with van der Waals surface area (Å²) >= 11 is 1.36. The Labute approximate surface area is 177 Å². The van der Waals surface area contributed by atoms with Crippen LogP contribution in [0, 0.1) is 13.8 Å². The monoisotopic (exact) mass is 419 g/mol. The normalized spacial score (nSPS) is 12.3. The zero-order valence-electron chi connectivity index (χ0n) is 17.1. The maximum Gasteiger partial charge on any atom is 0.192 e. The second-order valence-corrected chi connectivity index (χ2v) is 8.44. The average molecular weight is 420 g/mol. The van der Waals surface area contributed by atoms with Crippen LogP contribution in [0.2, 0.25) is 0 Å². The van der Waals surface area contributed by atoms with Crippen LogP contribution >= 0.6 is 11.8 Å².